The van der Waals surface area contributed by atoms with Gasteiger partial charge in [0.05, 0.1) is 10.4 Å². The number of carbonyl (C=O) groups is 1. The predicted octanol–water partition coefficient (Wildman–Crippen LogP) is 4.11. The Bertz CT molecular complexity index is 614. The van der Waals surface area contributed by atoms with Crippen molar-refractivity contribution in [3.63, 3.8) is 0 Å². The standard InChI is InChI=1S/C15H18ClN3OS/c1-3-9-17-14-6-4-5-11(19-14)15(20)18-10(2)12-7-8-13(16)21-12/h4-8,10H,3,9H2,1-2H3,(H,17,19)(H,18,20). The van der Waals surface area contributed by atoms with Crippen molar-refractivity contribution in [3.8, 4) is 0 Å². The minimum atomic E-state index is -0.188. The van der Waals surface area contributed by atoms with Gasteiger partial charge in [0.15, 0.2) is 0 Å². The van der Waals surface area contributed by atoms with Crippen LogP contribution in [0.4, 0.5) is 5.82 Å². The fourth-order valence-corrected chi connectivity index (χ4v) is 2.88. The summed E-state index contributed by atoms with van der Waals surface area (Å²) in [6.07, 6.45) is 1.01. The Balaban J connectivity index is 2.02. The zero-order valence-corrected chi connectivity index (χ0v) is 13.6. The lowest BCUT2D eigenvalue weighted by Gasteiger charge is -2.12. The molecule has 1 unspecified atom stereocenters. The molecule has 0 spiro atoms. The van der Waals surface area contributed by atoms with Crippen molar-refractivity contribution >= 4 is 34.7 Å². The number of thiophene rings is 1. The molecule has 2 aromatic heterocycles. The van der Waals surface area contributed by atoms with E-state index in [0.29, 0.717) is 5.69 Å². The number of rotatable bonds is 6. The molecule has 21 heavy (non-hydrogen) atoms. The molecule has 4 nitrogen and oxygen atoms in total. The largest absolute Gasteiger partial charge is 0.370 e. The minimum absolute atomic E-state index is 0.0935. The number of hydrogen-bond acceptors (Lipinski definition) is 4. The van der Waals surface area contributed by atoms with Crippen LogP contribution in [0.25, 0.3) is 0 Å². The molecule has 112 valence electrons. The molecule has 0 saturated heterocycles. The van der Waals surface area contributed by atoms with Gasteiger partial charge in [0.1, 0.15) is 11.5 Å². The van der Waals surface area contributed by atoms with Crippen LogP contribution in [0.5, 0.6) is 0 Å². The normalized spacial score (nSPS) is 12.0. The van der Waals surface area contributed by atoms with Gasteiger partial charge in [-0.25, -0.2) is 4.98 Å². The predicted molar refractivity (Wildman–Crippen MR) is 88.2 cm³/mol. The molecule has 0 saturated carbocycles. The Labute approximate surface area is 133 Å². The van der Waals surface area contributed by atoms with Gasteiger partial charge in [0.25, 0.3) is 5.91 Å². The van der Waals surface area contributed by atoms with E-state index in [9.17, 15) is 4.79 Å². The van der Waals surface area contributed by atoms with Crippen LogP contribution in [0.15, 0.2) is 30.3 Å². The molecule has 2 aromatic rings. The summed E-state index contributed by atoms with van der Waals surface area (Å²) in [7, 11) is 0. The number of nitrogens with zero attached hydrogens (tertiary/aromatic N) is 1. The summed E-state index contributed by atoms with van der Waals surface area (Å²) in [5, 5.41) is 6.10. The van der Waals surface area contributed by atoms with Crippen molar-refractivity contribution in [3.05, 3.63) is 45.2 Å². The molecular formula is C15H18ClN3OS. The molecule has 0 aromatic carbocycles. The highest BCUT2D eigenvalue weighted by Crippen LogP contribution is 2.26. The van der Waals surface area contributed by atoms with Crippen LogP contribution < -0.4 is 10.6 Å². The number of anilines is 1. The van der Waals surface area contributed by atoms with Gasteiger partial charge in [-0.2, -0.15) is 0 Å². The van der Waals surface area contributed by atoms with Gasteiger partial charge in [0.2, 0.25) is 0 Å². The number of nitrogens with one attached hydrogen (secondary N) is 2. The molecule has 6 heteroatoms. The fourth-order valence-electron chi connectivity index (χ4n) is 1.82. The van der Waals surface area contributed by atoms with E-state index in [2.05, 4.69) is 22.5 Å². The smallest absolute Gasteiger partial charge is 0.270 e. The summed E-state index contributed by atoms with van der Waals surface area (Å²) in [5.41, 5.74) is 0.408. The summed E-state index contributed by atoms with van der Waals surface area (Å²) < 4.78 is 0.718. The third-order valence-corrected chi connectivity index (χ3v) is 4.32. The summed E-state index contributed by atoms with van der Waals surface area (Å²) >= 11 is 7.38. The van der Waals surface area contributed by atoms with Crippen LogP contribution in [-0.4, -0.2) is 17.4 Å². The molecule has 2 heterocycles. The average molecular weight is 324 g/mol. The van der Waals surface area contributed by atoms with Crippen molar-refractivity contribution in [2.45, 2.75) is 26.3 Å². The van der Waals surface area contributed by atoms with E-state index in [4.69, 9.17) is 11.6 Å². The van der Waals surface area contributed by atoms with Crippen LogP contribution in [0.1, 0.15) is 41.7 Å². The Hall–Kier alpha value is -1.59. The lowest BCUT2D eigenvalue weighted by Crippen LogP contribution is -2.27. The van der Waals surface area contributed by atoms with Crippen molar-refractivity contribution in [1.29, 1.82) is 0 Å². The average Bonchev–Trinajstić information content (AvgIpc) is 2.92. The highest BCUT2D eigenvalue weighted by Gasteiger charge is 2.14. The second kappa shape index (κ2) is 7.43. The van der Waals surface area contributed by atoms with E-state index < -0.39 is 0 Å². The first-order valence-corrected chi connectivity index (χ1v) is 8.06. The van der Waals surface area contributed by atoms with Crippen LogP contribution in [0.2, 0.25) is 4.34 Å². The van der Waals surface area contributed by atoms with Gasteiger partial charge in [0, 0.05) is 11.4 Å². The maximum absolute atomic E-state index is 12.2. The van der Waals surface area contributed by atoms with E-state index in [1.54, 1.807) is 6.07 Å². The topological polar surface area (TPSA) is 54.0 Å². The first-order chi connectivity index (χ1) is 10.1. The molecule has 0 aliphatic heterocycles. The van der Waals surface area contributed by atoms with Gasteiger partial charge in [-0.1, -0.05) is 24.6 Å². The van der Waals surface area contributed by atoms with Gasteiger partial charge in [-0.3, -0.25) is 4.79 Å². The highest BCUT2D eigenvalue weighted by atomic mass is 35.5. The third kappa shape index (κ3) is 4.44. The number of pyridine rings is 1. The summed E-state index contributed by atoms with van der Waals surface area (Å²) in [5.74, 6) is 0.531. The molecule has 1 amide bonds. The van der Waals surface area contributed by atoms with Crippen LogP contribution in [-0.2, 0) is 0 Å². The van der Waals surface area contributed by atoms with Gasteiger partial charge < -0.3 is 10.6 Å². The molecule has 2 N–H and O–H groups in total. The van der Waals surface area contributed by atoms with Crippen LogP contribution in [0, 0.1) is 0 Å². The zero-order valence-electron chi connectivity index (χ0n) is 12.0. The monoisotopic (exact) mass is 323 g/mol. The molecule has 0 bridgehead atoms. The first-order valence-electron chi connectivity index (χ1n) is 6.87. The lowest BCUT2D eigenvalue weighted by molar-refractivity contribution is 0.0935. The third-order valence-electron chi connectivity index (χ3n) is 2.91. The molecule has 0 aliphatic carbocycles. The minimum Gasteiger partial charge on any atom is -0.370 e. The van der Waals surface area contributed by atoms with Crippen LogP contribution >= 0.6 is 22.9 Å². The summed E-state index contributed by atoms with van der Waals surface area (Å²) in [6.45, 7) is 4.85. The summed E-state index contributed by atoms with van der Waals surface area (Å²) in [6, 6.07) is 9.05. The second-order valence-electron chi connectivity index (χ2n) is 4.67. The summed E-state index contributed by atoms with van der Waals surface area (Å²) in [4.78, 5) is 17.6. The lowest BCUT2D eigenvalue weighted by atomic mass is 10.2. The van der Waals surface area contributed by atoms with Crippen molar-refractivity contribution < 1.29 is 4.79 Å². The number of carbonyl (C=O) groups excluding carboxylic acids is 1. The fraction of sp³-hybridized carbons (Fsp3) is 0.333. The van der Waals surface area contributed by atoms with Gasteiger partial charge in [-0.15, -0.1) is 11.3 Å². The molecular weight excluding hydrogens is 306 g/mol. The number of halogens is 1. The van der Waals surface area contributed by atoms with Gasteiger partial charge >= 0.3 is 0 Å². The number of aromatic nitrogens is 1. The Morgan fingerprint density at radius 2 is 2.19 bits per heavy atom. The molecule has 1 atom stereocenters. The zero-order chi connectivity index (χ0) is 15.2. The SMILES string of the molecule is CCCNc1cccc(C(=O)NC(C)c2ccc(Cl)s2)n1. The number of hydrogen-bond donors (Lipinski definition) is 2. The molecule has 0 fully saturated rings. The Morgan fingerprint density at radius 3 is 2.86 bits per heavy atom. The van der Waals surface area contributed by atoms with E-state index in [-0.39, 0.29) is 11.9 Å². The maximum Gasteiger partial charge on any atom is 0.270 e. The highest BCUT2D eigenvalue weighted by molar-refractivity contribution is 7.16. The first kappa shape index (κ1) is 15.8. The molecule has 0 radical (unpaired) electrons. The van der Waals surface area contributed by atoms with Gasteiger partial charge in [-0.05, 0) is 37.6 Å². The Kier molecular flexibility index (Phi) is 5.59. The van der Waals surface area contributed by atoms with Crippen LogP contribution in [0.3, 0.4) is 0 Å². The van der Waals surface area contributed by atoms with E-state index in [1.165, 1.54) is 11.3 Å². The second-order valence-corrected chi connectivity index (χ2v) is 6.42. The van der Waals surface area contributed by atoms with Crippen molar-refractivity contribution in [2.24, 2.45) is 0 Å². The molecule has 2 rings (SSSR count). The number of amides is 1. The quantitative estimate of drug-likeness (QED) is 0.841. The van der Waals surface area contributed by atoms with E-state index in [1.807, 2.05) is 31.2 Å². The van der Waals surface area contributed by atoms with E-state index in [0.717, 1.165) is 28.0 Å². The maximum atomic E-state index is 12.2. The molecule has 0 aliphatic rings. The van der Waals surface area contributed by atoms with E-state index >= 15 is 0 Å². The Morgan fingerprint density at radius 1 is 1.38 bits per heavy atom. The van der Waals surface area contributed by atoms with Crippen molar-refractivity contribution in [1.82, 2.24) is 10.3 Å². The van der Waals surface area contributed by atoms with Crippen molar-refractivity contribution in [2.75, 3.05) is 11.9 Å².